The molecule has 5 rings (SSSR count). The molecule has 0 radical (unpaired) electrons. The Bertz CT molecular complexity index is 1600. The number of benzene rings is 3. The molecule has 0 bridgehead atoms. The number of anilines is 1. The number of aliphatic hydroxyl groups excluding tert-OH is 1. The second-order valence-corrected chi connectivity index (χ2v) is 9.03. The lowest BCUT2D eigenvalue weighted by atomic mass is 10.2. The molecule has 0 aliphatic heterocycles. The molecule has 2 aromatic heterocycles. The molecule has 1 N–H and O–H groups in total. The van der Waals surface area contributed by atoms with E-state index in [1.807, 2.05) is 24.3 Å². The molecule has 0 fully saturated rings. The van der Waals surface area contributed by atoms with E-state index in [1.165, 1.54) is 28.9 Å². The lowest BCUT2D eigenvalue weighted by Crippen LogP contribution is -2.25. The van der Waals surface area contributed by atoms with Crippen molar-refractivity contribution < 1.29 is 18.4 Å². The summed E-state index contributed by atoms with van der Waals surface area (Å²) in [5, 5.41) is 20.4. The van der Waals surface area contributed by atoms with Crippen molar-refractivity contribution >= 4 is 16.8 Å². The van der Waals surface area contributed by atoms with Crippen LogP contribution in [0.3, 0.4) is 0 Å². The van der Waals surface area contributed by atoms with Gasteiger partial charge in [-0.05, 0) is 67.1 Å². The minimum Gasteiger partial charge on any atom is -0.378 e. The number of rotatable bonds is 9. The summed E-state index contributed by atoms with van der Waals surface area (Å²) >= 11 is 0. The highest BCUT2D eigenvalue weighted by molar-refractivity contribution is 5.88. The molecule has 198 valence electrons. The first-order valence-electron chi connectivity index (χ1n) is 12.7. The summed E-state index contributed by atoms with van der Waals surface area (Å²) in [5.41, 5.74) is 1.99. The summed E-state index contributed by atoms with van der Waals surface area (Å²) < 4.78 is 33.9. The van der Waals surface area contributed by atoms with Crippen LogP contribution in [0.2, 0.25) is 0 Å². The van der Waals surface area contributed by atoms with E-state index in [-0.39, 0.29) is 18.2 Å². The predicted molar refractivity (Wildman–Crippen MR) is 146 cm³/mol. The van der Waals surface area contributed by atoms with E-state index in [9.17, 15) is 13.9 Å². The third kappa shape index (κ3) is 6.13. The molecular formula is C30H27F2N5O2. The molecule has 0 spiro atoms. The van der Waals surface area contributed by atoms with Crippen LogP contribution in [0, 0.1) is 23.5 Å². The monoisotopic (exact) mass is 527 g/mol. The van der Waals surface area contributed by atoms with Crippen molar-refractivity contribution in [2.75, 3.05) is 18.0 Å². The highest BCUT2D eigenvalue weighted by Gasteiger charge is 2.17. The lowest BCUT2D eigenvalue weighted by Gasteiger charge is -2.20. The largest absolute Gasteiger partial charge is 0.378 e. The van der Waals surface area contributed by atoms with E-state index >= 15 is 0 Å². The fourth-order valence-electron chi connectivity index (χ4n) is 4.29. The molecule has 0 aliphatic rings. The number of halogens is 2. The first kappa shape index (κ1) is 26.1. The van der Waals surface area contributed by atoms with Crippen LogP contribution in [0.25, 0.3) is 33.7 Å². The lowest BCUT2D eigenvalue weighted by molar-refractivity contribution is 0.205. The van der Waals surface area contributed by atoms with Crippen molar-refractivity contribution in [3.05, 3.63) is 84.4 Å². The number of aliphatic hydroxyl groups is 1. The molecule has 5 aromatic rings. The number of fused-ring (bicyclic) bond motifs is 1. The average molecular weight is 528 g/mol. The van der Waals surface area contributed by atoms with Crippen molar-refractivity contribution in [3.63, 3.8) is 0 Å². The fourth-order valence-corrected chi connectivity index (χ4v) is 4.29. The molecule has 1 atom stereocenters. The SMILES string of the molecule is CCCN(CCC#CC(O)Cn1nc(-c2ccc(F)cc2)nc1-c1ccc(F)cc1)c1noc2ccccc12. The molecule has 0 amide bonds. The topological polar surface area (TPSA) is 80.2 Å². The van der Waals surface area contributed by atoms with E-state index in [0.29, 0.717) is 35.7 Å². The highest BCUT2D eigenvalue weighted by Crippen LogP contribution is 2.26. The smallest absolute Gasteiger partial charge is 0.181 e. The van der Waals surface area contributed by atoms with Gasteiger partial charge in [-0.15, -0.1) is 0 Å². The van der Waals surface area contributed by atoms with Gasteiger partial charge in [-0.2, -0.15) is 5.10 Å². The number of aromatic nitrogens is 4. The van der Waals surface area contributed by atoms with E-state index in [0.717, 1.165) is 29.8 Å². The zero-order valence-corrected chi connectivity index (χ0v) is 21.4. The van der Waals surface area contributed by atoms with Crippen LogP contribution in [0.15, 0.2) is 77.3 Å². The first-order valence-corrected chi connectivity index (χ1v) is 12.7. The second-order valence-electron chi connectivity index (χ2n) is 9.03. The van der Waals surface area contributed by atoms with E-state index in [2.05, 4.69) is 38.9 Å². The molecular weight excluding hydrogens is 500 g/mol. The highest BCUT2D eigenvalue weighted by atomic mass is 19.1. The summed E-state index contributed by atoms with van der Waals surface area (Å²) in [6.07, 6.45) is 0.437. The van der Waals surface area contributed by atoms with Crippen molar-refractivity contribution in [3.8, 4) is 34.6 Å². The van der Waals surface area contributed by atoms with Gasteiger partial charge in [0.05, 0.1) is 11.9 Å². The molecule has 0 aliphatic carbocycles. The third-order valence-electron chi connectivity index (χ3n) is 6.15. The Morgan fingerprint density at radius 2 is 1.64 bits per heavy atom. The molecule has 1 unspecified atom stereocenters. The summed E-state index contributed by atoms with van der Waals surface area (Å²) in [7, 11) is 0. The predicted octanol–water partition coefficient (Wildman–Crippen LogP) is 5.70. The Kier molecular flexibility index (Phi) is 7.94. The Morgan fingerprint density at radius 1 is 0.949 bits per heavy atom. The van der Waals surface area contributed by atoms with Gasteiger partial charge in [-0.3, -0.25) is 0 Å². The quantitative estimate of drug-likeness (QED) is 0.248. The Hall–Kier alpha value is -4.55. The van der Waals surface area contributed by atoms with Gasteiger partial charge in [0.2, 0.25) is 0 Å². The molecule has 2 heterocycles. The maximum Gasteiger partial charge on any atom is 0.181 e. The zero-order valence-electron chi connectivity index (χ0n) is 21.4. The number of hydrogen-bond donors (Lipinski definition) is 1. The minimum atomic E-state index is -1.01. The van der Waals surface area contributed by atoms with Crippen LogP contribution in [0.5, 0.6) is 0 Å². The first-order chi connectivity index (χ1) is 19.0. The molecule has 7 nitrogen and oxygen atoms in total. The average Bonchev–Trinajstić information content (AvgIpc) is 3.56. The van der Waals surface area contributed by atoms with Gasteiger partial charge < -0.3 is 14.5 Å². The molecule has 3 aromatic carbocycles. The minimum absolute atomic E-state index is 0.0561. The molecule has 39 heavy (non-hydrogen) atoms. The van der Waals surface area contributed by atoms with Crippen molar-refractivity contribution in [2.45, 2.75) is 32.4 Å². The molecule has 9 heteroatoms. The van der Waals surface area contributed by atoms with Crippen LogP contribution >= 0.6 is 0 Å². The standard InChI is InChI=1S/C30H27F2N5O2/c1-2-18-36(30-26-8-3-4-9-27(26)39-35-30)19-6-5-7-25(38)20-37-29(22-12-16-24(32)17-13-22)33-28(34-37)21-10-14-23(31)15-11-21/h3-4,8-17,25,38H,2,6,18-20H2,1H3. The number of hydrogen-bond acceptors (Lipinski definition) is 6. The number of para-hydroxylation sites is 1. The van der Waals surface area contributed by atoms with Crippen molar-refractivity contribution in [1.29, 1.82) is 0 Å². The van der Waals surface area contributed by atoms with Crippen LogP contribution in [-0.4, -0.2) is 44.2 Å². The van der Waals surface area contributed by atoms with Crippen LogP contribution in [0.4, 0.5) is 14.6 Å². The summed E-state index contributed by atoms with van der Waals surface area (Å²) in [6, 6.07) is 19.4. The Morgan fingerprint density at radius 3 is 2.36 bits per heavy atom. The van der Waals surface area contributed by atoms with Crippen molar-refractivity contribution in [1.82, 2.24) is 19.9 Å². The summed E-state index contributed by atoms with van der Waals surface area (Å²) in [6.45, 7) is 3.58. The third-order valence-corrected chi connectivity index (χ3v) is 6.15. The number of nitrogens with zero attached hydrogens (tertiary/aromatic N) is 5. The zero-order chi connectivity index (χ0) is 27.2. The van der Waals surface area contributed by atoms with Gasteiger partial charge in [0, 0.05) is 30.6 Å². The maximum absolute atomic E-state index is 13.5. The van der Waals surface area contributed by atoms with Gasteiger partial charge >= 0.3 is 0 Å². The second kappa shape index (κ2) is 11.9. The summed E-state index contributed by atoms with van der Waals surface area (Å²) in [5.74, 6) is 6.82. The van der Waals surface area contributed by atoms with Crippen LogP contribution in [0.1, 0.15) is 19.8 Å². The van der Waals surface area contributed by atoms with E-state index in [4.69, 9.17) is 4.52 Å². The van der Waals surface area contributed by atoms with Crippen LogP contribution in [-0.2, 0) is 6.54 Å². The van der Waals surface area contributed by atoms with Crippen LogP contribution < -0.4 is 4.90 Å². The van der Waals surface area contributed by atoms with Gasteiger partial charge in [0.1, 0.15) is 17.7 Å². The molecule has 0 saturated carbocycles. The van der Waals surface area contributed by atoms with Crippen molar-refractivity contribution in [2.24, 2.45) is 0 Å². The summed E-state index contributed by atoms with van der Waals surface area (Å²) in [4.78, 5) is 6.71. The Balaban J connectivity index is 1.31. The van der Waals surface area contributed by atoms with E-state index < -0.39 is 6.10 Å². The maximum atomic E-state index is 13.5. The normalized spacial score (nSPS) is 11.8. The molecule has 0 saturated heterocycles. The van der Waals surface area contributed by atoms with Gasteiger partial charge in [0.25, 0.3) is 0 Å². The van der Waals surface area contributed by atoms with Gasteiger partial charge in [-0.1, -0.05) is 36.1 Å². The fraction of sp³-hybridized carbons (Fsp3) is 0.233. The van der Waals surface area contributed by atoms with E-state index in [1.54, 1.807) is 24.3 Å². The van der Waals surface area contributed by atoms with Gasteiger partial charge in [-0.25, -0.2) is 18.4 Å². The Labute approximate surface area is 224 Å². The van der Waals surface area contributed by atoms with Gasteiger partial charge in [0.15, 0.2) is 23.0 Å².